The van der Waals surface area contributed by atoms with E-state index in [1.165, 1.54) is 5.56 Å². The van der Waals surface area contributed by atoms with E-state index >= 15 is 0 Å². The van der Waals surface area contributed by atoms with Gasteiger partial charge >= 0.3 is 0 Å². The minimum Gasteiger partial charge on any atom is -0.383 e. The minimum atomic E-state index is -0.416. The molecule has 1 aliphatic rings. The number of benzene rings is 2. The SMILES string of the molecule is CC(C)N[C@H](CCc1ccccc1)C(=O)N1CCC1C(=O)NCc1ccc2c(N)nccc2c1. The van der Waals surface area contributed by atoms with Crippen LogP contribution >= 0.6 is 0 Å². The molecule has 7 nitrogen and oxygen atoms in total. The highest BCUT2D eigenvalue weighted by atomic mass is 16.2. The molecule has 0 bridgehead atoms. The number of aryl methyl sites for hydroxylation is 1. The number of aromatic nitrogens is 1. The van der Waals surface area contributed by atoms with E-state index in [1.807, 2.05) is 56.3 Å². The summed E-state index contributed by atoms with van der Waals surface area (Å²) in [5, 5.41) is 8.28. The van der Waals surface area contributed by atoms with Crippen LogP contribution in [0.3, 0.4) is 0 Å². The molecular formula is C27H33N5O2. The molecular weight excluding hydrogens is 426 g/mol. The summed E-state index contributed by atoms with van der Waals surface area (Å²) in [5.74, 6) is 0.388. The number of anilines is 1. The molecule has 34 heavy (non-hydrogen) atoms. The van der Waals surface area contributed by atoms with Crippen LogP contribution in [0.2, 0.25) is 0 Å². The molecule has 2 amide bonds. The molecule has 2 aromatic carbocycles. The van der Waals surface area contributed by atoms with E-state index in [4.69, 9.17) is 5.73 Å². The van der Waals surface area contributed by atoms with Crippen LogP contribution in [-0.4, -0.2) is 46.4 Å². The Morgan fingerprint density at radius 3 is 2.62 bits per heavy atom. The lowest BCUT2D eigenvalue weighted by Gasteiger charge is -2.42. The normalized spacial score (nSPS) is 16.3. The molecule has 2 heterocycles. The number of nitrogens with zero attached hydrogens (tertiary/aromatic N) is 2. The van der Waals surface area contributed by atoms with Gasteiger partial charge in [0.05, 0.1) is 6.04 Å². The average Bonchev–Trinajstić information content (AvgIpc) is 2.80. The Bertz CT molecular complexity index is 1150. The van der Waals surface area contributed by atoms with E-state index < -0.39 is 6.04 Å². The molecule has 0 aliphatic carbocycles. The van der Waals surface area contributed by atoms with Crippen molar-refractivity contribution in [2.45, 2.75) is 57.8 Å². The second-order valence-corrected chi connectivity index (χ2v) is 9.20. The summed E-state index contributed by atoms with van der Waals surface area (Å²) >= 11 is 0. The summed E-state index contributed by atoms with van der Waals surface area (Å²) in [7, 11) is 0. The van der Waals surface area contributed by atoms with Crippen LogP contribution < -0.4 is 16.4 Å². The highest BCUT2D eigenvalue weighted by Crippen LogP contribution is 2.22. The number of hydrogen-bond acceptors (Lipinski definition) is 5. The van der Waals surface area contributed by atoms with Gasteiger partial charge in [0.1, 0.15) is 11.9 Å². The molecule has 0 spiro atoms. The topological polar surface area (TPSA) is 100 Å². The molecule has 1 fully saturated rings. The largest absolute Gasteiger partial charge is 0.383 e. The Kier molecular flexibility index (Phi) is 7.43. The predicted octanol–water partition coefficient (Wildman–Crippen LogP) is 3.03. The molecule has 1 aromatic heterocycles. The van der Waals surface area contributed by atoms with Crippen molar-refractivity contribution in [1.82, 2.24) is 20.5 Å². The number of nitrogens with two attached hydrogens (primary N) is 1. The first-order valence-electron chi connectivity index (χ1n) is 11.9. The fourth-order valence-corrected chi connectivity index (χ4v) is 4.43. The Morgan fingerprint density at radius 2 is 1.91 bits per heavy atom. The highest BCUT2D eigenvalue weighted by molar-refractivity contribution is 5.92. The first kappa shape index (κ1) is 23.7. The predicted molar refractivity (Wildman–Crippen MR) is 135 cm³/mol. The number of amides is 2. The van der Waals surface area contributed by atoms with Crippen LogP contribution in [0.25, 0.3) is 10.8 Å². The molecule has 1 unspecified atom stereocenters. The fraction of sp³-hybridized carbons (Fsp3) is 0.370. The first-order valence-corrected chi connectivity index (χ1v) is 11.9. The quantitative estimate of drug-likeness (QED) is 0.457. The van der Waals surface area contributed by atoms with E-state index in [9.17, 15) is 9.59 Å². The molecule has 3 aromatic rings. The van der Waals surface area contributed by atoms with Crippen molar-refractivity contribution in [3.63, 3.8) is 0 Å². The third-order valence-corrected chi connectivity index (χ3v) is 6.33. The van der Waals surface area contributed by atoms with Crippen molar-refractivity contribution < 1.29 is 9.59 Å². The van der Waals surface area contributed by atoms with Gasteiger partial charge in [0, 0.05) is 30.7 Å². The van der Waals surface area contributed by atoms with Crippen molar-refractivity contribution in [2.75, 3.05) is 12.3 Å². The second kappa shape index (κ2) is 10.7. The van der Waals surface area contributed by atoms with Crippen molar-refractivity contribution in [3.05, 3.63) is 71.9 Å². The second-order valence-electron chi connectivity index (χ2n) is 9.20. The monoisotopic (exact) mass is 459 g/mol. The number of hydrogen-bond donors (Lipinski definition) is 3. The van der Waals surface area contributed by atoms with Gasteiger partial charge in [-0.15, -0.1) is 0 Å². The van der Waals surface area contributed by atoms with Gasteiger partial charge in [-0.2, -0.15) is 0 Å². The number of nitrogens with one attached hydrogen (secondary N) is 2. The van der Waals surface area contributed by atoms with Gasteiger partial charge in [0.15, 0.2) is 0 Å². The summed E-state index contributed by atoms with van der Waals surface area (Å²) in [4.78, 5) is 32.0. The molecule has 0 radical (unpaired) electrons. The summed E-state index contributed by atoms with van der Waals surface area (Å²) < 4.78 is 0. The maximum absolute atomic E-state index is 13.3. The van der Waals surface area contributed by atoms with E-state index in [1.54, 1.807) is 11.1 Å². The minimum absolute atomic E-state index is 0.00436. The molecule has 4 N–H and O–H groups in total. The summed E-state index contributed by atoms with van der Waals surface area (Å²) in [6.45, 7) is 5.09. The van der Waals surface area contributed by atoms with Crippen LogP contribution in [0.5, 0.6) is 0 Å². The van der Waals surface area contributed by atoms with Crippen molar-refractivity contribution in [2.24, 2.45) is 0 Å². The average molecular weight is 460 g/mol. The number of fused-ring (bicyclic) bond motifs is 1. The van der Waals surface area contributed by atoms with Crippen LogP contribution in [0, 0.1) is 0 Å². The van der Waals surface area contributed by atoms with Crippen LogP contribution in [-0.2, 0) is 22.6 Å². The molecule has 4 rings (SSSR count). The lowest BCUT2D eigenvalue weighted by Crippen LogP contribution is -2.62. The molecule has 0 saturated carbocycles. The first-order chi connectivity index (χ1) is 16.4. The standard InChI is InChI=1S/C27H33N5O2/c1-18(2)31-23(11-9-19-6-4-3-5-7-19)27(34)32-15-13-24(32)26(33)30-17-20-8-10-22-21(16-20)12-14-29-25(22)28/h3-8,10,12,14,16,18,23-24,31H,9,11,13,15,17H2,1-2H3,(H2,28,29)(H,30,33)/t23-,24?/m1/s1. The Hall–Kier alpha value is -3.45. The van der Waals surface area contributed by atoms with Gasteiger partial charge in [0.25, 0.3) is 0 Å². The highest BCUT2D eigenvalue weighted by Gasteiger charge is 2.40. The van der Waals surface area contributed by atoms with Gasteiger partial charge in [-0.3, -0.25) is 9.59 Å². The van der Waals surface area contributed by atoms with Crippen molar-refractivity contribution in [3.8, 4) is 0 Å². The summed E-state index contributed by atoms with van der Waals surface area (Å²) in [5.41, 5.74) is 8.11. The number of nitrogen functional groups attached to an aromatic ring is 1. The van der Waals surface area contributed by atoms with Gasteiger partial charge < -0.3 is 21.3 Å². The van der Waals surface area contributed by atoms with E-state index in [0.717, 1.165) is 22.8 Å². The Labute approximate surface area is 200 Å². The van der Waals surface area contributed by atoms with Crippen LogP contribution in [0.1, 0.15) is 37.8 Å². The maximum Gasteiger partial charge on any atom is 0.243 e. The molecule has 7 heteroatoms. The number of likely N-dealkylation sites (tertiary alicyclic amines) is 1. The zero-order chi connectivity index (χ0) is 24.1. The number of rotatable bonds is 9. The van der Waals surface area contributed by atoms with Gasteiger partial charge in [-0.25, -0.2) is 4.98 Å². The third-order valence-electron chi connectivity index (χ3n) is 6.33. The molecule has 1 aliphatic heterocycles. The van der Waals surface area contributed by atoms with Gasteiger partial charge in [-0.05, 0) is 47.9 Å². The fourth-order valence-electron chi connectivity index (χ4n) is 4.43. The maximum atomic E-state index is 13.3. The smallest absolute Gasteiger partial charge is 0.243 e. The van der Waals surface area contributed by atoms with Gasteiger partial charge in [-0.1, -0.05) is 56.3 Å². The van der Waals surface area contributed by atoms with E-state index in [-0.39, 0.29) is 23.9 Å². The number of carbonyl (C=O) groups is 2. The molecule has 2 atom stereocenters. The Balaban J connectivity index is 1.35. The van der Waals surface area contributed by atoms with E-state index in [2.05, 4.69) is 27.8 Å². The molecule has 1 saturated heterocycles. The lowest BCUT2D eigenvalue weighted by atomic mass is 9.97. The lowest BCUT2D eigenvalue weighted by molar-refractivity contribution is -0.149. The van der Waals surface area contributed by atoms with Gasteiger partial charge in [0.2, 0.25) is 11.8 Å². The van der Waals surface area contributed by atoms with Crippen LogP contribution in [0.4, 0.5) is 5.82 Å². The number of carbonyl (C=O) groups excluding carboxylic acids is 2. The van der Waals surface area contributed by atoms with E-state index in [0.29, 0.717) is 31.7 Å². The Morgan fingerprint density at radius 1 is 1.12 bits per heavy atom. The zero-order valence-electron chi connectivity index (χ0n) is 19.8. The number of pyridine rings is 1. The van der Waals surface area contributed by atoms with Crippen molar-refractivity contribution in [1.29, 1.82) is 0 Å². The third kappa shape index (κ3) is 5.54. The van der Waals surface area contributed by atoms with Crippen molar-refractivity contribution >= 4 is 28.4 Å². The van der Waals surface area contributed by atoms with Crippen LogP contribution in [0.15, 0.2) is 60.8 Å². The summed E-state index contributed by atoms with van der Waals surface area (Å²) in [6.07, 6.45) is 3.87. The zero-order valence-corrected chi connectivity index (χ0v) is 19.8. The molecule has 178 valence electrons. The summed E-state index contributed by atoms with van der Waals surface area (Å²) in [6, 6.07) is 17.4.